The number of nitrogens with one attached hydrogen (secondary N) is 1. The molecule has 0 radical (unpaired) electrons. The molecule has 0 fully saturated rings. The van der Waals surface area contributed by atoms with Crippen molar-refractivity contribution >= 4 is 34.7 Å². The van der Waals surface area contributed by atoms with Crippen LogP contribution in [-0.2, 0) is 0 Å². The molecule has 2 nitrogen and oxygen atoms in total. The summed E-state index contributed by atoms with van der Waals surface area (Å²) in [6, 6.07) is 3.30. The van der Waals surface area contributed by atoms with E-state index < -0.39 is 5.51 Å². The van der Waals surface area contributed by atoms with Gasteiger partial charge in [0, 0.05) is 18.0 Å². The quantitative estimate of drug-likeness (QED) is 0.650. The largest absolute Gasteiger partial charge is 0.441 e. The third-order valence-electron chi connectivity index (χ3n) is 2.03. The third kappa shape index (κ3) is 4.95. The Labute approximate surface area is 107 Å². The molecule has 0 amide bonds. The first-order valence-electron chi connectivity index (χ1n) is 4.80. The molecule has 0 aromatic heterocycles. The zero-order valence-electron chi connectivity index (χ0n) is 9.07. The lowest BCUT2D eigenvalue weighted by molar-refractivity contribution is -0.0327. The molecule has 96 valence electrons. The summed E-state index contributed by atoms with van der Waals surface area (Å²) in [5.41, 5.74) is 3.41. The van der Waals surface area contributed by atoms with Gasteiger partial charge < -0.3 is 11.1 Å². The summed E-state index contributed by atoms with van der Waals surface area (Å²) < 4.78 is 35.6. The lowest BCUT2D eigenvalue weighted by Crippen LogP contribution is -2.10. The van der Waals surface area contributed by atoms with Crippen molar-refractivity contribution in [1.82, 2.24) is 0 Å². The number of halogens is 4. The van der Waals surface area contributed by atoms with Gasteiger partial charge in [-0.15, -0.1) is 0 Å². The van der Waals surface area contributed by atoms with Crippen molar-refractivity contribution in [3.8, 4) is 0 Å². The molecule has 3 N–H and O–H groups in total. The number of aryl methyl sites for hydroxylation is 1. The first kappa shape index (κ1) is 14.3. The lowest BCUT2D eigenvalue weighted by atomic mass is 10.2. The van der Waals surface area contributed by atoms with Crippen LogP contribution in [0.15, 0.2) is 12.1 Å². The minimum absolute atomic E-state index is 0.0507. The SMILES string of the molecule is Cc1cc(N)c(Cl)cc1NCCSC(F)(F)F. The standard InChI is InChI=1S/C10H12ClF3N2S/c1-6-4-8(15)7(11)5-9(6)16-2-3-17-10(12,13)14/h4-5,16H,2-3,15H2,1H3. The predicted octanol–water partition coefficient (Wildman–Crippen LogP) is 3.90. The minimum atomic E-state index is -4.19. The summed E-state index contributed by atoms with van der Waals surface area (Å²) in [5.74, 6) is -0.0507. The Morgan fingerprint density at radius 2 is 2.06 bits per heavy atom. The van der Waals surface area contributed by atoms with E-state index in [1.807, 2.05) is 6.92 Å². The van der Waals surface area contributed by atoms with E-state index in [1.54, 1.807) is 12.1 Å². The highest BCUT2D eigenvalue weighted by Gasteiger charge is 2.27. The van der Waals surface area contributed by atoms with E-state index in [1.165, 1.54) is 0 Å². The first-order chi connectivity index (χ1) is 7.79. The molecule has 0 unspecified atom stereocenters. The molecule has 0 aliphatic carbocycles. The zero-order valence-corrected chi connectivity index (χ0v) is 10.6. The molecule has 1 aromatic carbocycles. The molecule has 0 spiro atoms. The number of anilines is 2. The molecule has 17 heavy (non-hydrogen) atoms. The second-order valence-electron chi connectivity index (χ2n) is 3.41. The van der Waals surface area contributed by atoms with Crippen LogP contribution in [0.2, 0.25) is 5.02 Å². The summed E-state index contributed by atoms with van der Waals surface area (Å²) >= 11 is 5.77. The average molecular weight is 285 g/mol. The summed E-state index contributed by atoms with van der Waals surface area (Å²) in [7, 11) is 0. The Hall–Kier alpha value is -0.750. The van der Waals surface area contributed by atoms with Gasteiger partial charge in [-0.2, -0.15) is 13.2 Å². The summed E-state index contributed by atoms with van der Waals surface area (Å²) in [6.45, 7) is 2.02. The molecule has 1 aromatic rings. The van der Waals surface area contributed by atoms with Crippen molar-refractivity contribution in [2.45, 2.75) is 12.4 Å². The molecule has 1 rings (SSSR count). The normalized spacial score (nSPS) is 11.6. The van der Waals surface area contributed by atoms with Crippen LogP contribution >= 0.6 is 23.4 Å². The lowest BCUT2D eigenvalue weighted by Gasteiger charge is -2.11. The van der Waals surface area contributed by atoms with Crippen molar-refractivity contribution in [2.24, 2.45) is 0 Å². The number of nitrogens with two attached hydrogens (primary N) is 1. The Bertz CT molecular complexity index is 396. The maximum absolute atomic E-state index is 11.9. The topological polar surface area (TPSA) is 38.0 Å². The molecule has 0 saturated carbocycles. The monoisotopic (exact) mass is 284 g/mol. The van der Waals surface area contributed by atoms with E-state index in [4.69, 9.17) is 17.3 Å². The smallest absolute Gasteiger partial charge is 0.398 e. The van der Waals surface area contributed by atoms with Gasteiger partial charge in [0.2, 0.25) is 0 Å². The van der Waals surface area contributed by atoms with Crippen LogP contribution in [0.5, 0.6) is 0 Å². The number of nitrogen functional groups attached to an aromatic ring is 1. The van der Waals surface area contributed by atoms with Crippen LogP contribution in [-0.4, -0.2) is 17.8 Å². The third-order valence-corrected chi connectivity index (χ3v) is 3.09. The summed E-state index contributed by atoms with van der Waals surface area (Å²) in [6.07, 6.45) is 0. The molecule has 0 aliphatic heterocycles. The van der Waals surface area contributed by atoms with Crippen molar-refractivity contribution in [1.29, 1.82) is 0 Å². The van der Waals surface area contributed by atoms with E-state index in [2.05, 4.69) is 5.32 Å². The van der Waals surface area contributed by atoms with E-state index in [-0.39, 0.29) is 24.1 Å². The van der Waals surface area contributed by atoms with Crippen molar-refractivity contribution < 1.29 is 13.2 Å². The zero-order chi connectivity index (χ0) is 13.1. The van der Waals surface area contributed by atoms with Gasteiger partial charge in [-0.1, -0.05) is 11.6 Å². The fourth-order valence-electron chi connectivity index (χ4n) is 1.25. The molecule has 0 saturated heterocycles. The van der Waals surface area contributed by atoms with Gasteiger partial charge >= 0.3 is 5.51 Å². The maximum atomic E-state index is 11.9. The highest BCUT2D eigenvalue weighted by atomic mass is 35.5. The summed E-state index contributed by atoms with van der Waals surface area (Å²) in [5, 5.41) is 3.28. The first-order valence-corrected chi connectivity index (χ1v) is 6.16. The summed E-state index contributed by atoms with van der Waals surface area (Å²) in [4.78, 5) is 0. The molecular weight excluding hydrogens is 273 g/mol. The van der Waals surface area contributed by atoms with Crippen molar-refractivity contribution in [3.63, 3.8) is 0 Å². The van der Waals surface area contributed by atoms with Gasteiger partial charge in [0.05, 0.1) is 10.7 Å². The van der Waals surface area contributed by atoms with E-state index in [9.17, 15) is 13.2 Å². The fraction of sp³-hybridized carbons (Fsp3) is 0.400. The van der Waals surface area contributed by atoms with Crippen LogP contribution in [0.1, 0.15) is 5.56 Å². The van der Waals surface area contributed by atoms with Gasteiger partial charge in [-0.25, -0.2) is 0 Å². The molecule has 0 bridgehead atoms. The number of alkyl halides is 3. The van der Waals surface area contributed by atoms with E-state index >= 15 is 0 Å². The molecular formula is C10H12ClF3N2S. The van der Waals surface area contributed by atoms with Crippen molar-refractivity contribution in [3.05, 3.63) is 22.7 Å². The second kappa shape index (κ2) is 5.73. The van der Waals surface area contributed by atoms with Gasteiger partial charge in [0.1, 0.15) is 0 Å². The minimum Gasteiger partial charge on any atom is -0.398 e. The second-order valence-corrected chi connectivity index (χ2v) is 4.98. The van der Waals surface area contributed by atoms with Crippen LogP contribution in [0.3, 0.4) is 0 Å². The number of thioether (sulfide) groups is 1. The Morgan fingerprint density at radius 3 is 2.65 bits per heavy atom. The maximum Gasteiger partial charge on any atom is 0.441 e. The van der Waals surface area contributed by atoms with E-state index in [0.29, 0.717) is 16.4 Å². The van der Waals surface area contributed by atoms with Crippen molar-refractivity contribution in [2.75, 3.05) is 23.3 Å². The van der Waals surface area contributed by atoms with Gasteiger partial charge in [0.15, 0.2) is 0 Å². The Morgan fingerprint density at radius 1 is 1.41 bits per heavy atom. The highest BCUT2D eigenvalue weighted by Crippen LogP contribution is 2.30. The Balaban J connectivity index is 2.50. The average Bonchev–Trinajstić information content (AvgIpc) is 2.18. The fourth-order valence-corrected chi connectivity index (χ4v) is 1.85. The van der Waals surface area contributed by atoms with E-state index in [0.717, 1.165) is 5.56 Å². The molecule has 0 heterocycles. The Kier molecular flexibility index (Phi) is 4.82. The predicted molar refractivity (Wildman–Crippen MR) is 67.6 cm³/mol. The van der Waals surface area contributed by atoms with Crippen LogP contribution in [0.25, 0.3) is 0 Å². The van der Waals surface area contributed by atoms with Gasteiger partial charge in [-0.3, -0.25) is 0 Å². The van der Waals surface area contributed by atoms with Crippen LogP contribution < -0.4 is 11.1 Å². The number of benzene rings is 1. The highest BCUT2D eigenvalue weighted by molar-refractivity contribution is 8.00. The number of hydrogen-bond acceptors (Lipinski definition) is 3. The van der Waals surface area contributed by atoms with Crippen LogP contribution in [0.4, 0.5) is 24.5 Å². The van der Waals surface area contributed by atoms with Gasteiger partial charge in [-0.05, 0) is 36.4 Å². The molecule has 0 atom stereocenters. The number of rotatable bonds is 4. The van der Waals surface area contributed by atoms with Gasteiger partial charge in [0.25, 0.3) is 0 Å². The molecule has 0 aliphatic rings. The number of hydrogen-bond donors (Lipinski definition) is 2. The molecule has 7 heteroatoms. The van der Waals surface area contributed by atoms with Crippen LogP contribution in [0, 0.1) is 6.92 Å².